The molecule has 2 rings (SSSR count). The van der Waals surface area contributed by atoms with Crippen LogP contribution >= 0.6 is 0 Å². The molecule has 2 aromatic rings. The van der Waals surface area contributed by atoms with Gasteiger partial charge in [-0.2, -0.15) is 0 Å². The highest BCUT2D eigenvalue weighted by atomic mass is 15.1. The van der Waals surface area contributed by atoms with E-state index < -0.39 is 0 Å². The molecule has 2 aromatic carbocycles. The van der Waals surface area contributed by atoms with E-state index in [4.69, 9.17) is 5.73 Å². The van der Waals surface area contributed by atoms with Gasteiger partial charge in [0.25, 0.3) is 0 Å². The van der Waals surface area contributed by atoms with Gasteiger partial charge < -0.3 is 10.6 Å². The zero-order valence-electron chi connectivity index (χ0n) is 12.1. The van der Waals surface area contributed by atoms with Crippen molar-refractivity contribution in [1.82, 2.24) is 0 Å². The van der Waals surface area contributed by atoms with Crippen LogP contribution in [0.2, 0.25) is 0 Å². The van der Waals surface area contributed by atoms with Gasteiger partial charge in [0.15, 0.2) is 0 Å². The molecular formula is C17H24N2. The normalized spacial score (nSPS) is 12.9. The van der Waals surface area contributed by atoms with Crippen molar-refractivity contribution in [2.24, 2.45) is 17.6 Å². The fourth-order valence-corrected chi connectivity index (χ4v) is 2.55. The zero-order chi connectivity index (χ0) is 13.8. The lowest BCUT2D eigenvalue weighted by atomic mass is 9.95. The van der Waals surface area contributed by atoms with Gasteiger partial charge in [-0.1, -0.05) is 50.2 Å². The van der Waals surface area contributed by atoms with Crippen LogP contribution in [-0.2, 0) is 0 Å². The van der Waals surface area contributed by atoms with Crippen LogP contribution < -0.4 is 10.6 Å². The highest BCUT2D eigenvalue weighted by Crippen LogP contribution is 2.27. The fourth-order valence-electron chi connectivity index (χ4n) is 2.55. The monoisotopic (exact) mass is 256 g/mol. The quantitative estimate of drug-likeness (QED) is 0.887. The summed E-state index contributed by atoms with van der Waals surface area (Å²) in [5, 5.41) is 2.60. The minimum atomic E-state index is 0.531. The number of benzene rings is 2. The van der Waals surface area contributed by atoms with E-state index in [1.54, 1.807) is 0 Å². The van der Waals surface area contributed by atoms with Crippen LogP contribution in [0.25, 0.3) is 10.8 Å². The van der Waals surface area contributed by atoms with Crippen LogP contribution in [0.3, 0.4) is 0 Å². The highest BCUT2D eigenvalue weighted by molar-refractivity contribution is 5.94. The van der Waals surface area contributed by atoms with Gasteiger partial charge in [-0.3, -0.25) is 0 Å². The lowest BCUT2D eigenvalue weighted by molar-refractivity contribution is 0.398. The summed E-state index contributed by atoms with van der Waals surface area (Å²) in [6, 6.07) is 15.0. The molecule has 0 aliphatic rings. The van der Waals surface area contributed by atoms with Crippen LogP contribution in [0.4, 0.5) is 5.69 Å². The molecule has 0 saturated carbocycles. The fraction of sp³-hybridized carbons (Fsp3) is 0.412. The van der Waals surface area contributed by atoms with E-state index in [2.05, 4.69) is 68.3 Å². The topological polar surface area (TPSA) is 29.3 Å². The summed E-state index contributed by atoms with van der Waals surface area (Å²) in [5.74, 6) is 1.14. The first kappa shape index (κ1) is 13.9. The minimum Gasteiger partial charge on any atom is -0.374 e. The van der Waals surface area contributed by atoms with Gasteiger partial charge in [-0.15, -0.1) is 0 Å². The standard InChI is InChI=1S/C17H24N2/c1-13(2)15(11-18)12-19(3)17-10-6-8-14-7-4-5-9-16(14)17/h4-10,13,15H,11-12,18H2,1-3H3. The molecule has 0 heterocycles. The van der Waals surface area contributed by atoms with Crippen LogP contribution in [0.1, 0.15) is 13.8 Å². The van der Waals surface area contributed by atoms with E-state index >= 15 is 0 Å². The summed E-state index contributed by atoms with van der Waals surface area (Å²) < 4.78 is 0. The average Bonchev–Trinajstić information content (AvgIpc) is 2.43. The summed E-state index contributed by atoms with van der Waals surface area (Å²) in [7, 11) is 2.16. The second-order valence-corrected chi connectivity index (χ2v) is 5.62. The molecule has 0 amide bonds. The molecule has 0 saturated heterocycles. The molecular weight excluding hydrogens is 232 g/mol. The van der Waals surface area contributed by atoms with Gasteiger partial charge in [-0.25, -0.2) is 0 Å². The molecule has 2 N–H and O–H groups in total. The van der Waals surface area contributed by atoms with Crippen LogP contribution in [0.15, 0.2) is 42.5 Å². The first-order chi connectivity index (χ1) is 9.13. The summed E-state index contributed by atoms with van der Waals surface area (Å²) >= 11 is 0. The van der Waals surface area contributed by atoms with Crippen LogP contribution in [-0.4, -0.2) is 20.1 Å². The largest absolute Gasteiger partial charge is 0.374 e. The second-order valence-electron chi connectivity index (χ2n) is 5.62. The number of nitrogens with two attached hydrogens (primary N) is 1. The summed E-state index contributed by atoms with van der Waals surface area (Å²) in [6.07, 6.45) is 0. The van der Waals surface area contributed by atoms with Crippen molar-refractivity contribution in [2.75, 3.05) is 25.0 Å². The van der Waals surface area contributed by atoms with Gasteiger partial charge in [0, 0.05) is 24.7 Å². The number of hydrogen-bond acceptors (Lipinski definition) is 2. The average molecular weight is 256 g/mol. The Balaban J connectivity index is 2.28. The Labute approximate surface area is 116 Å². The molecule has 0 aromatic heterocycles. The van der Waals surface area contributed by atoms with Crippen molar-refractivity contribution in [2.45, 2.75) is 13.8 Å². The van der Waals surface area contributed by atoms with E-state index in [9.17, 15) is 0 Å². The lowest BCUT2D eigenvalue weighted by Crippen LogP contribution is -2.33. The van der Waals surface area contributed by atoms with E-state index in [1.165, 1.54) is 16.5 Å². The molecule has 0 bridgehead atoms. The Kier molecular flexibility index (Phi) is 4.43. The molecule has 0 aliphatic heterocycles. The van der Waals surface area contributed by atoms with Crippen molar-refractivity contribution in [3.8, 4) is 0 Å². The SMILES string of the molecule is CC(C)C(CN)CN(C)c1cccc2ccccc12. The molecule has 0 fully saturated rings. The number of fused-ring (bicyclic) bond motifs is 1. The smallest absolute Gasteiger partial charge is 0.0443 e. The third kappa shape index (κ3) is 3.07. The van der Waals surface area contributed by atoms with Gasteiger partial charge in [0.05, 0.1) is 0 Å². The summed E-state index contributed by atoms with van der Waals surface area (Å²) in [5.41, 5.74) is 7.18. The second kappa shape index (κ2) is 6.07. The predicted octanol–water partition coefficient (Wildman–Crippen LogP) is 3.51. The molecule has 2 nitrogen and oxygen atoms in total. The molecule has 1 atom stereocenters. The molecule has 0 radical (unpaired) electrons. The maximum Gasteiger partial charge on any atom is 0.0443 e. The predicted molar refractivity (Wildman–Crippen MR) is 84.6 cm³/mol. The number of anilines is 1. The maximum absolute atomic E-state index is 5.89. The summed E-state index contributed by atoms with van der Waals surface area (Å²) in [4.78, 5) is 2.33. The molecule has 1 unspecified atom stereocenters. The molecule has 2 heteroatoms. The zero-order valence-corrected chi connectivity index (χ0v) is 12.1. The highest BCUT2D eigenvalue weighted by Gasteiger charge is 2.15. The van der Waals surface area contributed by atoms with Gasteiger partial charge >= 0.3 is 0 Å². The van der Waals surface area contributed by atoms with Crippen molar-refractivity contribution >= 4 is 16.5 Å². The van der Waals surface area contributed by atoms with Crippen molar-refractivity contribution < 1.29 is 0 Å². The van der Waals surface area contributed by atoms with E-state index in [1.807, 2.05) is 0 Å². The Hall–Kier alpha value is -1.54. The summed E-state index contributed by atoms with van der Waals surface area (Å²) in [6.45, 7) is 6.23. The Morgan fingerprint density at radius 1 is 1.05 bits per heavy atom. The van der Waals surface area contributed by atoms with Crippen LogP contribution in [0, 0.1) is 11.8 Å². The van der Waals surface area contributed by atoms with Gasteiger partial charge in [0.2, 0.25) is 0 Å². The molecule has 0 spiro atoms. The third-order valence-corrected chi connectivity index (χ3v) is 3.93. The van der Waals surface area contributed by atoms with Crippen LogP contribution in [0.5, 0.6) is 0 Å². The molecule has 0 aliphatic carbocycles. The minimum absolute atomic E-state index is 0.531. The number of hydrogen-bond donors (Lipinski definition) is 1. The lowest BCUT2D eigenvalue weighted by Gasteiger charge is -2.28. The Morgan fingerprint density at radius 3 is 2.42 bits per heavy atom. The third-order valence-electron chi connectivity index (χ3n) is 3.93. The molecule has 102 valence electrons. The van der Waals surface area contributed by atoms with Gasteiger partial charge in [0.1, 0.15) is 0 Å². The Bertz CT molecular complexity index is 528. The van der Waals surface area contributed by atoms with Crippen molar-refractivity contribution in [3.63, 3.8) is 0 Å². The number of rotatable bonds is 5. The first-order valence-electron chi connectivity index (χ1n) is 7.02. The maximum atomic E-state index is 5.89. The number of nitrogens with zero attached hydrogens (tertiary/aromatic N) is 1. The van der Waals surface area contributed by atoms with E-state index in [0.717, 1.165) is 13.1 Å². The van der Waals surface area contributed by atoms with E-state index in [0.29, 0.717) is 11.8 Å². The first-order valence-corrected chi connectivity index (χ1v) is 7.02. The molecule has 19 heavy (non-hydrogen) atoms. The van der Waals surface area contributed by atoms with Crippen molar-refractivity contribution in [3.05, 3.63) is 42.5 Å². The van der Waals surface area contributed by atoms with E-state index in [-0.39, 0.29) is 0 Å². The Morgan fingerprint density at radius 2 is 1.74 bits per heavy atom. The van der Waals surface area contributed by atoms with Gasteiger partial charge in [-0.05, 0) is 29.8 Å². The van der Waals surface area contributed by atoms with Crippen molar-refractivity contribution in [1.29, 1.82) is 0 Å².